The molecule has 0 spiro atoms. The molecule has 1 aliphatic heterocycles. The number of amides is 1. The number of hydrogen-bond donors (Lipinski definition) is 2. The van der Waals surface area contributed by atoms with Crippen LogP contribution < -0.4 is 10.2 Å². The summed E-state index contributed by atoms with van der Waals surface area (Å²) in [5.74, 6) is -0.463. The van der Waals surface area contributed by atoms with Gasteiger partial charge < -0.3 is 19.9 Å². The Bertz CT molecular complexity index is 1290. The molecular weight excluding hydrogens is 436 g/mol. The van der Waals surface area contributed by atoms with Gasteiger partial charge >= 0.3 is 0 Å². The number of nitrogens with one attached hydrogen (secondary N) is 1. The Balaban J connectivity index is 1.60. The van der Waals surface area contributed by atoms with Crippen LogP contribution in [0, 0.1) is 11.3 Å². The Kier molecular flexibility index (Phi) is 7.57. The molecule has 1 aliphatic rings. The van der Waals surface area contributed by atoms with Crippen LogP contribution in [0.3, 0.4) is 0 Å². The Morgan fingerprint density at radius 1 is 1.09 bits per heavy atom. The fraction of sp³-hybridized carbons (Fsp3) is 0.379. The number of aliphatic hydroxyl groups excluding tert-OH is 1. The highest BCUT2D eigenvalue weighted by Gasteiger charge is 2.18. The topological polar surface area (TPSA) is 81.3 Å². The van der Waals surface area contributed by atoms with Crippen molar-refractivity contribution in [1.82, 2.24) is 9.88 Å². The minimum atomic E-state index is -0.621. The maximum absolute atomic E-state index is 12.6. The molecule has 1 unspecified atom stereocenters. The summed E-state index contributed by atoms with van der Waals surface area (Å²) in [6.45, 7) is 6.02. The molecule has 2 N–H and O–H groups in total. The number of piperidine rings is 1. The number of allylic oxidation sites excluding steroid dienone is 1. The number of nitrogens with zero attached hydrogens (tertiary/aromatic N) is 3. The van der Waals surface area contributed by atoms with E-state index in [2.05, 4.69) is 46.6 Å². The minimum absolute atomic E-state index is 0.0600. The van der Waals surface area contributed by atoms with E-state index < -0.39 is 12.0 Å². The monoisotopic (exact) mass is 470 g/mol. The summed E-state index contributed by atoms with van der Waals surface area (Å²) in [5, 5.41) is 24.4. The fourth-order valence-electron chi connectivity index (χ4n) is 4.80. The number of carbonyl (C=O) groups excluding carboxylic acids is 1. The van der Waals surface area contributed by atoms with Gasteiger partial charge in [0.05, 0.1) is 6.10 Å². The lowest BCUT2D eigenvalue weighted by molar-refractivity contribution is -0.117. The number of nitriles is 1. The molecule has 1 amide bonds. The summed E-state index contributed by atoms with van der Waals surface area (Å²) < 4.78 is 2.02. The van der Waals surface area contributed by atoms with E-state index >= 15 is 0 Å². The van der Waals surface area contributed by atoms with Gasteiger partial charge in [-0.15, -0.1) is 0 Å². The molecule has 0 radical (unpaired) electrons. The van der Waals surface area contributed by atoms with E-state index in [1.807, 2.05) is 36.7 Å². The predicted molar refractivity (Wildman–Crippen MR) is 142 cm³/mol. The molecule has 0 saturated carbocycles. The van der Waals surface area contributed by atoms with Crippen LogP contribution in [0.1, 0.15) is 45.2 Å². The van der Waals surface area contributed by atoms with Crippen molar-refractivity contribution in [2.24, 2.45) is 7.05 Å². The molecule has 182 valence electrons. The molecule has 2 heterocycles. The number of rotatable bonds is 7. The van der Waals surface area contributed by atoms with E-state index in [9.17, 15) is 15.2 Å². The molecule has 35 heavy (non-hydrogen) atoms. The Labute approximate surface area is 207 Å². The first-order chi connectivity index (χ1) is 16.9. The van der Waals surface area contributed by atoms with Gasteiger partial charge in [-0.3, -0.25) is 4.79 Å². The van der Waals surface area contributed by atoms with Crippen LogP contribution in [0.4, 0.5) is 5.69 Å². The lowest BCUT2D eigenvalue weighted by Crippen LogP contribution is -2.32. The highest BCUT2D eigenvalue weighted by atomic mass is 16.3. The first-order valence-corrected chi connectivity index (χ1v) is 12.5. The zero-order valence-electron chi connectivity index (χ0n) is 20.8. The van der Waals surface area contributed by atoms with Gasteiger partial charge in [-0.05, 0) is 84.8 Å². The van der Waals surface area contributed by atoms with Crippen molar-refractivity contribution in [3.8, 4) is 17.3 Å². The smallest absolute Gasteiger partial charge is 0.262 e. The number of anilines is 1. The maximum Gasteiger partial charge on any atom is 0.262 e. The van der Waals surface area contributed by atoms with Gasteiger partial charge in [0.25, 0.3) is 5.91 Å². The van der Waals surface area contributed by atoms with Crippen molar-refractivity contribution < 1.29 is 9.90 Å². The van der Waals surface area contributed by atoms with Gasteiger partial charge in [-0.1, -0.05) is 25.1 Å². The van der Waals surface area contributed by atoms with Gasteiger partial charge in [-0.2, -0.15) is 5.26 Å². The minimum Gasteiger partial charge on any atom is -0.391 e. The SMILES string of the molecule is CCC(O)CNC(=O)/C(C#N)=C(\C)c1ccc(-c2ccc3cc(N4CCCCC4)ccc3c2)n1C. The largest absolute Gasteiger partial charge is 0.391 e. The predicted octanol–water partition coefficient (Wildman–Crippen LogP) is 5.02. The maximum atomic E-state index is 12.6. The zero-order chi connectivity index (χ0) is 24.9. The van der Waals surface area contributed by atoms with Crippen LogP contribution in [0.15, 0.2) is 54.1 Å². The Morgan fingerprint density at radius 3 is 2.51 bits per heavy atom. The number of benzene rings is 2. The Morgan fingerprint density at radius 2 is 1.80 bits per heavy atom. The van der Waals surface area contributed by atoms with E-state index in [-0.39, 0.29) is 12.1 Å². The molecule has 3 aromatic rings. The molecule has 0 bridgehead atoms. The molecule has 4 rings (SSSR count). The van der Waals surface area contributed by atoms with Crippen molar-refractivity contribution in [3.63, 3.8) is 0 Å². The first kappa shape index (κ1) is 24.6. The van der Waals surface area contributed by atoms with Gasteiger partial charge in [0.1, 0.15) is 11.6 Å². The standard InChI is InChI=1S/C29H34N4O2/c1-4-25(34)19-31-29(35)26(18-30)20(2)27-12-13-28(32(27)3)23-9-8-22-17-24(11-10-21(22)16-23)33-14-6-5-7-15-33/h8-13,16-17,25,34H,4-7,14-15,19H2,1-3H3,(H,31,35)/b26-20+. The van der Waals surface area contributed by atoms with Crippen molar-refractivity contribution >= 4 is 27.9 Å². The van der Waals surface area contributed by atoms with Crippen LogP contribution in [0.2, 0.25) is 0 Å². The third-order valence-corrected chi connectivity index (χ3v) is 7.03. The summed E-state index contributed by atoms with van der Waals surface area (Å²) in [6.07, 6.45) is 3.76. The van der Waals surface area contributed by atoms with Crippen LogP contribution in [0.5, 0.6) is 0 Å². The van der Waals surface area contributed by atoms with Crippen LogP contribution in [-0.4, -0.2) is 41.3 Å². The van der Waals surface area contributed by atoms with Gasteiger partial charge in [0, 0.05) is 43.8 Å². The summed E-state index contributed by atoms with van der Waals surface area (Å²) in [7, 11) is 1.95. The second-order valence-corrected chi connectivity index (χ2v) is 9.34. The molecule has 6 heteroatoms. The fourth-order valence-corrected chi connectivity index (χ4v) is 4.80. The highest BCUT2D eigenvalue weighted by molar-refractivity contribution is 6.04. The van der Waals surface area contributed by atoms with E-state index in [0.29, 0.717) is 12.0 Å². The number of aromatic nitrogens is 1. The molecule has 1 aromatic heterocycles. The summed E-state index contributed by atoms with van der Waals surface area (Å²) >= 11 is 0. The number of aliphatic hydroxyl groups is 1. The first-order valence-electron chi connectivity index (χ1n) is 12.5. The zero-order valence-corrected chi connectivity index (χ0v) is 20.8. The summed E-state index contributed by atoms with van der Waals surface area (Å²) in [6, 6.07) is 19.2. The van der Waals surface area contributed by atoms with E-state index in [4.69, 9.17) is 0 Å². The molecule has 1 atom stereocenters. The van der Waals surface area contributed by atoms with Crippen molar-refractivity contribution in [2.75, 3.05) is 24.5 Å². The average molecular weight is 471 g/mol. The van der Waals surface area contributed by atoms with E-state index in [1.54, 1.807) is 6.92 Å². The molecule has 1 fully saturated rings. The van der Waals surface area contributed by atoms with Crippen LogP contribution in [-0.2, 0) is 11.8 Å². The van der Waals surface area contributed by atoms with E-state index in [1.165, 1.54) is 35.7 Å². The highest BCUT2D eigenvalue weighted by Crippen LogP contribution is 2.31. The van der Waals surface area contributed by atoms with Crippen molar-refractivity contribution in [2.45, 2.75) is 45.6 Å². The normalized spacial score (nSPS) is 15.5. The summed E-state index contributed by atoms with van der Waals surface area (Å²) in [5.41, 5.74) is 4.87. The number of hydrogen-bond acceptors (Lipinski definition) is 4. The second-order valence-electron chi connectivity index (χ2n) is 9.34. The van der Waals surface area contributed by atoms with Gasteiger partial charge in [0.15, 0.2) is 0 Å². The molecule has 6 nitrogen and oxygen atoms in total. The summed E-state index contributed by atoms with van der Waals surface area (Å²) in [4.78, 5) is 15.0. The number of fused-ring (bicyclic) bond motifs is 1. The van der Waals surface area contributed by atoms with Gasteiger partial charge in [-0.25, -0.2) is 0 Å². The number of carbonyl (C=O) groups is 1. The van der Waals surface area contributed by atoms with Crippen LogP contribution >= 0.6 is 0 Å². The van der Waals surface area contributed by atoms with E-state index in [0.717, 1.165) is 30.0 Å². The average Bonchev–Trinajstić information content (AvgIpc) is 3.28. The molecule has 1 saturated heterocycles. The molecular formula is C29H34N4O2. The molecule has 0 aliphatic carbocycles. The van der Waals surface area contributed by atoms with Crippen LogP contribution in [0.25, 0.3) is 27.6 Å². The van der Waals surface area contributed by atoms with Crippen molar-refractivity contribution in [3.05, 3.63) is 59.8 Å². The van der Waals surface area contributed by atoms with Crippen molar-refractivity contribution in [1.29, 1.82) is 5.26 Å². The Hall–Kier alpha value is -3.56. The quantitative estimate of drug-likeness (QED) is 0.375. The second kappa shape index (κ2) is 10.8. The van der Waals surface area contributed by atoms with Gasteiger partial charge in [0.2, 0.25) is 0 Å². The lowest BCUT2D eigenvalue weighted by atomic mass is 10.0. The lowest BCUT2D eigenvalue weighted by Gasteiger charge is -2.29. The third-order valence-electron chi connectivity index (χ3n) is 7.03. The third kappa shape index (κ3) is 5.26. The molecule has 2 aromatic carbocycles.